The van der Waals surface area contributed by atoms with E-state index in [1.54, 1.807) is 13.0 Å². The zero-order chi connectivity index (χ0) is 24.7. The number of carbonyl (C=O) groups excluding carboxylic acids is 1. The minimum absolute atomic E-state index is 0.0354. The third-order valence-corrected chi connectivity index (χ3v) is 5.45. The summed E-state index contributed by atoms with van der Waals surface area (Å²) in [6.07, 6.45) is 2.94. The maximum Gasteiger partial charge on any atom is 0.256 e. The molecule has 35 heavy (non-hydrogen) atoms. The summed E-state index contributed by atoms with van der Waals surface area (Å²) < 4.78 is 44.1. The van der Waals surface area contributed by atoms with Crippen molar-refractivity contribution in [2.45, 2.75) is 13.3 Å². The van der Waals surface area contributed by atoms with E-state index in [-0.39, 0.29) is 29.6 Å². The second-order valence-corrected chi connectivity index (χ2v) is 7.83. The van der Waals surface area contributed by atoms with Crippen LogP contribution < -0.4 is 10.9 Å². The number of hydrogen-bond acceptors (Lipinski definition) is 5. The molecule has 0 spiro atoms. The molecule has 7 nitrogen and oxygen atoms in total. The largest absolute Gasteiger partial charge is 0.332 e. The molecule has 1 aliphatic heterocycles. The lowest BCUT2D eigenvalue weighted by Crippen LogP contribution is -2.24. The Morgan fingerprint density at radius 3 is 2.49 bits per heavy atom. The zero-order valence-electron chi connectivity index (χ0n) is 18.2. The normalized spacial score (nSPS) is 14.5. The molecule has 0 saturated heterocycles. The average molecular weight is 475 g/mol. The summed E-state index contributed by atoms with van der Waals surface area (Å²) in [5.41, 5.74) is 0.251. The minimum atomic E-state index is -0.961. The number of hydrogen-bond donors (Lipinski definition) is 1. The molecule has 2 aromatic heterocycles. The number of halogens is 3. The van der Waals surface area contributed by atoms with Crippen LogP contribution in [0.15, 0.2) is 70.6 Å². The second-order valence-electron chi connectivity index (χ2n) is 7.83. The Bertz CT molecular complexity index is 1620. The fourth-order valence-corrected chi connectivity index (χ4v) is 3.88. The molecule has 4 aromatic rings. The smallest absolute Gasteiger partial charge is 0.256 e. The lowest BCUT2D eigenvalue weighted by Gasteiger charge is -2.15. The van der Waals surface area contributed by atoms with E-state index in [2.05, 4.69) is 20.3 Å². The van der Waals surface area contributed by atoms with E-state index < -0.39 is 28.7 Å². The van der Waals surface area contributed by atoms with E-state index in [1.165, 1.54) is 36.5 Å². The summed E-state index contributed by atoms with van der Waals surface area (Å²) in [5.74, 6) is -2.79. The standard InChI is InChI=1S/C25H16F3N5O2/c1-13-11-14(26)5-6-16(13)22-17-7-8-21(35)33(23-18(27)3-2-4-19(23)28)24(17)32-25(31-22)30-15-9-10-29-20(34)12-15/h2-11H,12H2,1H3,(H,29,34)/b30-15-. The molecule has 174 valence electrons. The molecule has 1 aliphatic rings. The molecule has 1 amide bonds. The van der Waals surface area contributed by atoms with Crippen LogP contribution in [-0.4, -0.2) is 26.2 Å². The number of amides is 1. The number of aliphatic imine (C=N–C) groups is 1. The minimum Gasteiger partial charge on any atom is -0.332 e. The summed E-state index contributed by atoms with van der Waals surface area (Å²) in [5, 5.41) is 2.82. The van der Waals surface area contributed by atoms with Crippen LogP contribution in [0.1, 0.15) is 12.0 Å². The molecule has 1 N–H and O–H groups in total. The summed E-state index contributed by atoms with van der Waals surface area (Å²) in [4.78, 5) is 37.8. The van der Waals surface area contributed by atoms with Crippen molar-refractivity contribution in [1.82, 2.24) is 19.9 Å². The Balaban J connectivity index is 1.88. The fourth-order valence-electron chi connectivity index (χ4n) is 3.88. The Labute approximate surface area is 196 Å². The number of rotatable bonds is 3. The number of para-hydroxylation sites is 1. The Kier molecular flexibility index (Phi) is 5.48. The summed E-state index contributed by atoms with van der Waals surface area (Å²) >= 11 is 0. The van der Waals surface area contributed by atoms with Crippen LogP contribution in [0.5, 0.6) is 0 Å². The first-order chi connectivity index (χ1) is 16.8. The highest BCUT2D eigenvalue weighted by atomic mass is 19.1. The number of nitrogens with one attached hydrogen (secondary N) is 1. The molecule has 5 rings (SSSR count). The summed E-state index contributed by atoms with van der Waals surface area (Å²) in [6.45, 7) is 1.68. The molecule has 0 fully saturated rings. The molecular formula is C25H16F3N5O2. The molecule has 0 atom stereocenters. The molecule has 3 heterocycles. The number of allylic oxidation sites excluding steroid dienone is 1. The monoisotopic (exact) mass is 475 g/mol. The van der Waals surface area contributed by atoms with Gasteiger partial charge in [0.05, 0.1) is 17.8 Å². The highest BCUT2D eigenvalue weighted by Crippen LogP contribution is 2.32. The number of aromatic nitrogens is 3. The third kappa shape index (κ3) is 4.10. The van der Waals surface area contributed by atoms with Crippen LogP contribution in [0.3, 0.4) is 0 Å². The maximum atomic E-state index is 14.7. The van der Waals surface area contributed by atoms with Crippen molar-refractivity contribution in [2.75, 3.05) is 0 Å². The first-order valence-electron chi connectivity index (χ1n) is 10.5. The van der Waals surface area contributed by atoms with Crippen molar-refractivity contribution in [3.05, 3.63) is 94.2 Å². The van der Waals surface area contributed by atoms with E-state index in [9.17, 15) is 22.8 Å². The number of nitrogens with zero attached hydrogens (tertiary/aromatic N) is 4. The Hall–Kier alpha value is -4.60. The first-order valence-corrected chi connectivity index (χ1v) is 10.5. The number of carbonyl (C=O) groups is 1. The van der Waals surface area contributed by atoms with Gasteiger partial charge in [-0.25, -0.2) is 23.1 Å². The zero-order valence-corrected chi connectivity index (χ0v) is 18.2. The first kappa shape index (κ1) is 22.2. The van der Waals surface area contributed by atoms with E-state index in [0.717, 1.165) is 22.8 Å². The van der Waals surface area contributed by atoms with Crippen molar-refractivity contribution < 1.29 is 18.0 Å². The van der Waals surface area contributed by atoms with Crippen molar-refractivity contribution in [3.63, 3.8) is 0 Å². The van der Waals surface area contributed by atoms with Crippen molar-refractivity contribution in [3.8, 4) is 16.9 Å². The predicted molar refractivity (Wildman–Crippen MR) is 124 cm³/mol. The van der Waals surface area contributed by atoms with Crippen molar-refractivity contribution >= 4 is 28.6 Å². The SMILES string of the molecule is Cc1cc(F)ccc1-c1nc(/N=C2/C=CNC(=O)C2)nc2c1ccc(=O)n2-c1c(F)cccc1F. The number of fused-ring (bicyclic) bond motifs is 1. The highest BCUT2D eigenvalue weighted by molar-refractivity contribution is 6.10. The van der Waals surface area contributed by atoms with Gasteiger partial charge in [-0.15, -0.1) is 0 Å². The van der Waals surface area contributed by atoms with Gasteiger partial charge in [0.1, 0.15) is 23.1 Å². The van der Waals surface area contributed by atoms with E-state index >= 15 is 0 Å². The van der Waals surface area contributed by atoms with Gasteiger partial charge in [0.25, 0.3) is 11.5 Å². The lowest BCUT2D eigenvalue weighted by atomic mass is 10.0. The molecule has 2 aromatic carbocycles. The van der Waals surface area contributed by atoms with Gasteiger partial charge < -0.3 is 5.32 Å². The molecule has 0 radical (unpaired) electrons. The van der Waals surface area contributed by atoms with Gasteiger partial charge >= 0.3 is 0 Å². The number of benzene rings is 2. The van der Waals surface area contributed by atoms with Gasteiger partial charge in [-0.3, -0.25) is 14.2 Å². The van der Waals surface area contributed by atoms with Gasteiger partial charge in [-0.05, 0) is 55.0 Å². The predicted octanol–water partition coefficient (Wildman–Crippen LogP) is 4.28. The molecule has 0 aliphatic carbocycles. The molecule has 0 saturated carbocycles. The van der Waals surface area contributed by atoms with Gasteiger partial charge in [0, 0.05) is 23.2 Å². The number of pyridine rings is 1. The van der Waals surface area contributed by atoms with Crippen LogP contribution in [0.2, 0.25) is 0 Å². The van der Waals surface area contributed by atoms with E-state index in [4.69, 9.17) is 0 Å². The van der Waals surface area contributed by atoms with Crippen molar-refractivity contribution in [1.29, 1.82) is 0 Å². The fraction of sp³-hybridized carbons (Fsp3) is 0.0800. The highest BCUT2D eigenvalue weighted by Gasteiger charge is 2.20. The summed E-state index contributed by atoms with van der Waals surface area (Å²) in [6, 6.07) is 9.92. The lowest BCUT2D eigenvalue weighted by molar-refractivity contribution is -0.119. The molecule has 0 unspecified atom stereocenters. The van der Waals surface area contributed by atoms with Crippen LogP contribution in [0, 0.1) is 24.4 Å². The van der Waals surface area contributed by atoms with Gasteiger partial charge in [0.2, 0.25) is 5.91 Å². The molecule has 0 bridgehead atoms. The molecular weight excluding hydrogens is 459 g/mol. The second kappa shape index (κ2) is 8.64. The Morgan fingerprint density at radius 1 is 1.00 bits per heavy atom. The number of aryl methyl sites for hydroxylation is 1. The van der Waals surface area contributed by atoms with Crippen LogP contribution >= 0.6 is 0 Å². The maximum absolute atomic E-state index is 14.7. The van der Waals surface area contributed by atoms with Gasteiger partial charge in [-0.1, -0.05) is 6.07 Å². The third-order valence-electron chi connectivity index (χ3n) is 5.45. The van der Waals surface area contributed by atoms with Gasteiger partial charge in [0.15, 0.2) is 5.65 Å². The van der Waals surface area contributed by atoms with Crippen LogP contribution in [0.25, 0.3) is 28.0 Å². The quantitative estimate of drug-likeness (QED) is 0.479. The van der Waals surface area contributed by atoms with Gasteiger partial charge in [-0.2, -0.15) is 4.98 Å². The Morgan fingerprint density at radius 2 is 1.77 bits per heavy atom. The van der Waals surface area contributed by atoms with E-state index in [0.29, 0.717) is 22.2 Å². The summed E-state index contributed by atoms with van der Waals surface area (Å²) in [7, 11) is 0. The van der Waals surface area contributed by atoms with E-state index in [1.807, 2.05) is 0 Å². The van der Waals surface area contributed by atoms with Crippen LogP contribution in [0.4, 0.5) is 19.1 Å². The molecule has 10 heteroatoms. The topological polar surface area (TPSA) is 89.2 Å². The van der Waals surface area contributed by atoms with Crippen molar-refractivity contribution in [2.24, 2.45) is 4.99 Å². The average Bonchev–Trinajstić information content (AvgIpc) is 2.80. The van der Waals surface area contributed by atoms with Crippen LogP contribution in [-0.2, 0) is 4.79 Å².